The second kappa shape index (κ2) is 6.09. The van der Waals surface area contributed by atoms with Crippen molar-refractivity contribution >= 4 is 5.91 Å². The third kappa shape index (κ3) is 3.55. The summed E-state index contributed by atoms with van der Waals surface area (Å²) in [4.78, 5) is 17.6. The van der Waals surface area contributed by atoms with Gasteiger partial charge in [0.25, 0.3) is 0 Å². The second-order valence-electron chi connectivity index (χ2n) is 9.20. The zero-order valence-electron chi connectivity index (χ0n) is 15.0. The minimum Gasteiger partial charge on any atom is -0.339 e. The molecule has 4 heteroatoms. The van der Waals surface area contributed by atoms with Crippen LogP contribution in [0.4, 0.5) is 0 Å². The van der Waals surface area contributed by atoms with Crippen LogP contribution in [-0.4, -0.2) is 47.9 Å². The zero-order valence-corrected chi connectivity index (χ0v) is 15.0. The second-order valence-corrected chi connectivity index (χ2v) is 9.20. The molecule has 0 aromatic carbocycles. The maximum absolute atomic E-state index is 13.1. The van der Waals surface area contributed by atoms with Crippen LogP contribution >= 0.6 is 0 Å². The Hall–Kier alpha value is -1.08. The van der Waals surface area contributed by atoms with E-state index < -0.39 is 0 Å². The van der Waals surface area contributed by atoms with E-state index in [9.17, 15) is 4.79 Å². The molecule has 0 N–H and O–H groups in total. The Kier molecular flexibility index (Phi) is 4.44. The van der Waals surface area contributed by atoms with Gasteiger partial charge >= 0.3 is 0 Å². The van der Waals surface area contributed by atoms with E-state index in [1.807, 2.05) is 0 Å². The first-order chi connectivity index (χ1) is 10.8. The molecule has 23 heavy (non-hydrogen) atoms. The summed E-state index contributed by atoms with van der Waals surface area (Å²) in [5, 5.41) is 8.70. The molecule has 1 saturated carbocycles. The fraction of sp³-hybridized carbons (Fsp3) is 0.895. The topological polar surface area (TPSA) is 47.3 Å². The van der Waals surface area contributed by atoms with E-state index in [-0.39, 0.29) is 5.92 Å². The van der Waals surface area contributed by atoms with Gasteiger partial charge in [-0.05, 0) is 56.0 Å². The molecule has 4 nitrogen and oxygen atoms in total. The van der Waals surface area contributed by atoms with Crippen molar-refractivity contribution in [1.82, 2.24) is 9.80 Å². The number of fused-ring (bicyclic) bond motifs is 2. The van der Waals surface area contributed by atoms with Crippen molar-refractivity contribution < 1.29 is 4.79 Å². The van der Waals surface area contributed by atoms with E-state index in [0.717, 1.165) is 45.4 Å². The van der Waals surface area contributed by atoms with Gasteiger partial charge in [-0.2, -0.15) is 5.26 Å². The number of hydrogen-bond acceptors (Lipinski definition) is 3. The molecule has 2 unspecified atom stereocenters. The number of rotatable bonds is 3. The quantitative estimate of drug-likeness (QED) is 0.804. The van der Waals surface area contributed by atoms with Crippen LogP contribution < -0.4 is 0 Å². The summed E-state index contributed by atoms with van der Waals surface area (Å²) in [7, 11) is 0. The molecule has 3 aliphatic rings. The minimum atomic E-state index is 0.208. The summed E-state index contributed by atoms with van der Waals surface area (Å²) in [5.41, 5.74) is 0.697. The summed E-state index contributed by atoms with van der Waals surface area (Å²) in [6.07, 6.45) is 6.13. The monoisotopic (exact) mass is 317 g/mol. The average Bonchev–Trinajstić information content (AvgIpc) is 2.74. The van der Waals surface area contributed by atoms with Gasteiger partial charge < -0.3 is 9.80 Å². The fourth-order valence-corrected chi connectivity index (χ4v) is 5.56. The smallest absolute Gasteiger partial charge is 0.226 e. The Morgan fingerprint density at radius 2 is 1.91 bits per heavy atom. The van der Waals surface area contributed by atoms with Gasteiger partial charge in [0.1, 0.15) is 0 Å². The van der Waals surface area contributed by atoms with Crippen LogP contribution in [0.5, 0.6) is 0 Å². The molecule has 3 fully saturated rings. The van der Waals surface area contributed by atoms with Gasteiger partial charge in [-0.1, -0.05) is 20.8 Å². The van der Waals surface area contributed by atoms with Crippen molar-refractivity contribution in [3.63, 3.8) is 0 Å². The predicted octanol–water partition coefficient (Wildman–Crippen LogP) is 3.04. The maximum atomic E-state index is 13.1. The maximum Gasteiger partial charge on any atom is 0.226 e. The highest BCUT2D eigenvalue weighted by Gasteiger charge is 2.51. The van der Waals surface area contributed by atoms with Crippen molar-refractivity contribution in [2.24, 2.45) is 16.7 Å². The Morgan fingerprint density at radius 1 is 1.22 bits per heavy atom. The number of carbonyl (C=O) groups is 1. The number of nitrogens with zero attached hydrogens (tertiary/aromatic N) is 3. The van der Waals surface area contributed by atoms with Gasteiger partial charge in [-0.3, -0.25) is 4.79 Å². The number of piperidine rings is 1. The van der Waals surface area contributed by atoms with Crippen LogP contribution in [0, 0.1) is 28.1 Å². The Labute approximate surface area is 140 Å². The Balaban J connectivity index is 1.59. The third-order valence-electron chi connectivity index (χ3n) is 6.17. The van der Waals surface area contributed by atoms with Gasteiger partial charge in [0.15, 0.2) is 0 Å². The van der Waals surface area contributed by atoms with Crippen molar-refractivity contribution in [2.45, 2.75) is 65.3 Å². The molecule has 3 rings (SSSR count). The van der Waals surface area contributed by atoms with Gasteiger partial charge in [-0.25, -0.2) is 0 Å². The standard InChI is InChI=1S/C19H31N3O/c1-18(2)11-16-12-19(3,13-18)14-22(16)17(23)15-5-9-21(10-6-15)8-4-7-20/h15-16H,4-6,8-14H2,1-3H3. The fourth-order valence-electron chi connectivity index (χ4n) is 5.56. The van der Waals surface area contributed by atoms with Crippen LogP contribution in [0.15, 0.2) is 0 Å². The predicted molar refractivity (Wildman–Crippen MR) is 90.6 cm³/mol. The largest absolute Gasteiger partial charge is 0.339 e. The lowest BCUT2D eigenvalue weighted by Crippen LogP contribution is -2.45. The normalized spacial score (nSPS) is 34.3. The van der Waals surface area contributed by atoms with Crippen LogP contribution in [0.1, 0.15) is 59.3 Å². The lowest BCUT2D eigenvalue weighted by molar-refractivity contribution is -0.138. The van der Waals surface area contributed by atoms with Crippen LogP contribution in [0.3, 0.4) is 0 Å². The Bertz CT molecular complexity index is 501. The molecular formula is C19H31N3O. The highest BCUT2D eigenvalue weighted by molar-refractivity contribution is 5.79. The van der Waals surface area contributed by atoms with Crippen molar-refractivity contribution in [1.29, 1.82) is 5.26 Å². The molecule has 0 aromatic rings. The molecule has 2 atom stereocenters. The molecule has 0 aromatic heterocycles. The molecule has 2 heterocycles. The Morgan fingerprint density at radius 3 is 2.57 bits per heavy atom. The third-order valence-corrected chi connectivity index (χ3v) is 6.17. The van der Waals surface area contributed by atoms with Crippen molar-refractivity contribution in [3.05, 3.63) is 0 Å². The summed E-state index contributed by atoms with van der Waals surface area (Å²) in [6, 6.07) is 2.68. The SMILES string of the molecule is CC1(C)CC2CC(C)(CN2C(=O)C2CCN(CCC#N)CC2)C1. The summed E-state index contributed by atoms with van der Waals surface area (Å²) < 4.78 is 0. The van der Waals surface area contributed by atoms with Crippen molar-refractivity contribution in [2.75, 3.05) is 26.2 Å². The number of amides is 1. The van der Waals surface area contributed by atoms with Crippen molar-refractivity contribution in [3.8, 4) is 6.07 Å². The number of likely N-dealkylation sites (tertiary alicyclic amines) is 2. The lowest BCUT2D eigenvalue weighted by atomic mass is 9.65. The molecule has 0 radical (unpaired) electrons. The van der Waals surface area contributed by atoms with Gasteiger partial charge in [-0.15, -0.1) is 0 Å². The lowest BCUT2D eigenvalue weighted by Gasteiger charge is -2.40. The van der Waals surface area contributed by atoms with E-state index in [0.29, 0.717) is 29.2 Å². The van der Waals surface area contributed by atoms with Crippen LogP contribution in [0.25, 0.3) is 0 Å². The van der Waals surface area contributed by atoms with Gasteiger partial charge in [0.2, 0.25) is 5.91 Å². The first kappa shape index (κ1) is 16.8. The highest BCUT2D eigenvalue weighted by atomic mass is 16.2. The number of hydrogen-bond donors (Lipinski definition) is 0. The zero-order chi connectivity index (χ0) is 16.7. The molecule has 1 aliphatic carbocycles. The number of carbonyl (C=O) groups excluding carboxylic acids is 1. The summed E-state index contributed by atoms with van der Waals surface area (Å²) in [5.74, 6) is 0.621. The highest BCUT2D eigenvalue weighted by Crippen LogP contribution is 2.52. The summed E-state index contributed by atoms with van der Waals surface area (Å²) >= 11 is 0. The molecule has 1 amide bonds. The van der Waals surface area contributed by atoms with E-state index >= 15 is 0 Å². The first-order valence-electron chi connectivity index (χ1n) is 9.22. The molecule has 128 valence electrons. The molecule has 0 spiro atoms. The average molecular weight is 317 g/mol. The van der Waals surface area contributed by atoms with E-state index in [4.69, 9.17) is 5.26 Å². The minimum absolute atomic E-state index is 0.208. The first-order valence-corrected chi connectivity index (χ1v) is 9.22. The van der Waals surface area contributed by atoms with Gasteiger partial charge in [0, 0.05) is 31.5 Å². The van der Waals surface area contributed by atoms with E-state index in [1.54, 1.807) is 0 Å². The van der Waals surface area contributed by atoms with Gasteiger partial charge in [0.05, 0.1) is 6.07 Å². The van der Waals surface area contributed by atoms with Crippen LogP contribution in [-0.2, 0) is 4.79 Å². The molecule has 2 bridgehead atoms. The number of nitriles is 1. The van der Waals surface area contributed by atoms with E-state index in [2.05, 4.69) is 36.6 Å². The molecule has 2 aliphatic heterocycles. The van der Waals surface area contributed by atoms with E-state index in [1.165, 1.54) is 12.8 Å². The molecule has 2 saturated heterocycles. The van der Waals surface area contributed by atoms with Crippen LogP contribution in [0.2, 0.25) is 0 Å². The summed E-state index contributed by atoms with van der Waals surface area (Å²) in [6.45, 7) is 10.9. The molecular weight excluding hydrogens is 286 g/mol.